The van der Waals surface area contributed by atoms with E-state index in [0.717, 1.165) is 0 Å². The Labute approximate surface area is 80.8 Å². The highest BCUT2D eigenvalue weighted by atomic mass is 16.7. The van der Waals surface area contributed by atoms with E-state index in [1.807, 2.05) is 0 Å². The molecule has 0 saturated heterocycles. The van der Waals surface area contributed by atoms with E-state index in [2.05, 4.69) is 0 Å². The minimum Gasteiger partial charge on any atom is -0.504 e. The number of aromatic hydroxyl groups is 1. The van der Waals surface area contributed by atoms with Gasteiger partial charge in [-0.1, -0.05) is 0 Å². The Morgan fingerprint density at radius 3 is 2.57 bits per heavy atom. The molecule has 5 heteroatoms. The zero-order valence-electron chi connectivity index (χ0n) is 7.86. The molecule has 0 amide bonds. The summed E-state index contributed by atoms with van der Waals surface area (Å²) in [4.78, 5) is 0. The molecule has 1 aromatic carbocycles. The van der Waals surface area contributed by atoms with Gasteiger partial charge in [0.1, 0.15) is 0 Å². The van der Waals surface area contributed by atoms with Crippen molar-refractivity contribution < 1.29 is 24.1 Å². The predicted octanol–water partition coefficient (Wildman–Crippen LogP) is 1.14. The summed E-state index contributed by atoms with van der Waals surface area (Å²) in [6, 6.07) is 1.43. The van der Waals surface area contributed by atoms with Crippen molar-refractivity contribution in [3.05, 3.63) is 6.07 Å². The minimum atomic E-state index is -0.0337. The Bertz CT molecular complexity index is 357. The second-order valence-electron chi connectivity index (χ2n) is 2.70. The first-order valence-electron chi connectivity index (χ1n) is 4.01. The third-order valence-electron chi connectivity index (χ3n) is 1.96. The second kappa shape index (κ2) is 3.17. The summed E-state index contributed by atoms with van der Waals surface area (Å²) in [6.07, 6.45) is 0. The fraction of sp³-hybridized carbons (Fsp3) is 0.333. The van der Waals surface area contributed by atoms with Gasteiger partial charge in [0.15, 0.2) is 11.5 Å². The zero-order valence-corrected chi connectivity index (χ0v) is 7.86. The molecule has 0 aromatic heterocycles. The molecule has 0 saturated carbocycles. The van der Waals surface area contributed by atoms with E-state index < -0.39 is 0 Å². The van der Waals surface area contributed by atoms with Crippen LogP contribution in [0.5, 0.6) is 28.7 Å². The summed E-state index contributed by atoms with van der Waals surface area (Å²) in [5, 5.41) is 9.55. The van der Waals surface area contributed by atoms with Crippen LogP contribution in [0.1, 0.15) is 0 Å². The van der Waals surface area contributed by atoms with Crippen molar-refractivity contribution in [3.8, 4) is 28.7 Å². The molecule has 0 unspecified atom stereocenters. The molecule has 0 aliphatic carbocycles. The summed E-state index contributed by atoms with van der Waals surface area (Å²) in [7, 11) is 2.92. The monoisotopic (exact) mass is 198 g/mol. The molecule has 0 radical (unpaired) electrons. The molecule has 1 N–H and O–H groups in total. The largest absolute Gasteiger partial charge is 0.504 e. The van der Waals surface area contributed by atoms with Gasteiger partial charge in [-0.3, -0.25) is 0 Å². The van der Waals surface area contributed by atoms with Gasteiger partial charge in [0.25, 0.3) is 0 Å². The van der Waals surface area contributed by atoms with Gasteiger partial charge in [0.05, 0.1) is 14.2 Å². The van der Waals surface area contributed by atoms with Crippen molar-refractivity contribution >= 4 is 0 Å². The van der Waals surface area contributed by atoms with E-state index in [9.17, 15) is 5.11 Å². The van der Waals surface area contributed by atoms with Crippen LogP contribution in [0.15, 0.2) is 6.07 Å². The Morgan fingerprint density at radius 2 is 1.93 bits per heavy atom. The summed E-state index contributed by atoms with van der Waals surface area (Å²) in [5.41, 5.74) is 0. The quantitative estimate of drug-likeness (QED) is 0.772. The number of phenolic OH excluding ortho intramolecular Hbond substituents is 1. The second-order valence-corrected chi connectivity index (χ2v) is 2.70. The molecule has 1 heterocycles. The lowest BCUT2D eigenvalue weighted by Crippen LogP contribution is -1.95. The number of hydrogen-bond acceptors (Lipinski definition) is 5. The molecule has 0 spiro atoms. The normalized spacial score (nSPS) is 12.7. The number of hydrogen-bond donors (Lipinski definition) is 1. The maximum Gasteiger partial charge on any atom is 0.231 e. The third kappa shape index (κ3) is 1.09. The molecule has 0 bridgehead atoms. The van der Waals surface area contributed by atoms with Crippen LogP contribution in [-0.4, -0.2) is 26.1 Å². The van der Waals surface area contributed by atoms with Crippen LogP contribution in [0.3, 0.4) is 0 Å². The molecule has 5 nitrogen and oxygen atoms in total. The molecule has 2 rings (SSSR count). The molecule has 14 heavy (non-hydrogen) atoms. The van der Waals surface area contributed by atoms with E-state index in [0.29, 0.717) is 17.2 Å². The van der Waals surface area contributed by atoms with Crippen LogP contribution in [0.4, 0.5) is 0 Å². The van der Waals surface area contributed by atoms with Crippen LogP contribution in [-0.2, 0) is 0 Å². The lowest BCUT2D eigenvalue weighted by Gasteiger charge is -2.10. The summed E-state index contributed by atoms with van der Waals surface area (Å²) in [6.45, 7) is 0.123. The Kier molecular flexibility index (Phi) is 1.99. The number of methoxy groups -OCH3 is 2. The van der Waals surface area contributed by atoms with Gasteiger partial charge in [0.2, 0.25) is 24.0 Å². The number of phenols is 1. The van der Waals surface area contributed by atoms with Gasteiger partial charge in [-0.2, -0.15) is 0 Å². The Morgan fingerprint density at radius 1 is 1.21 bits per heavy atom. The van der Waals surface area contributed by atoms with E-state index in [-0.39, 0.29) is 18.3 Å². The zero-order chi connectivity index (χ0) is 10.1. The van der Waals surface area contributed by atoms with E-state index in [4.69, 9.17) is 18.9 Å². The highest BCUT2D eigenvalue weighted by Crippen LogP contribution is 2.51. The highest BCUT2D eigenvalue weighted by molar-refractivity contribution is 5.65. The van der Waals surface area contributed by atoms with Crippen molar-refractivity contribution in [2.75, 3.05) is 21.0 Å². The maximum atomic E-state index is 9.55. The highest BCUT2D eigenvalue weighted by Gasteiger charge is 2.25. The fourth-order valence-electron chi connectivity index (χ4n) is 1.37. The van der Waals surface area contributed by atoms with Crippen molar-refractivity contribution in [1.82, 2.24) is 0 Å². The van der Waals surface area contributed by atoms with Gasteiger partial charge in [-0.25, -0.2) is 0 Å². The van der Waals surface area contributed by atoms with Crippen LogP contribution in [0.2, 0.25) is 0 Å². The minimum absolute atomic E-state index is 0.0337. The summed E-state index contributed by atoms with van der Waals surface area (Å²) < 4.78 is 20.3. The van der Waals surface area contributed by atoms with Gasteiger partial charge >= 0.3 is 0 Å². The fourth-order valence-corrected chi connectivity index (χ4v) is 1.37. The van der Waals surface area contributed by atoms with E-state index in [1.54, 1.807) is 0 Å². The van der Waals surface area contributed by atoms with E-state index >= 15 is 0 Å². The van der Waals surface area contributed by atoms with Crippen molar-refractivity contribution in [2.24, 2.45) is 0 Å². The lowest BCUT2D eigenvalue weighted by molar-refractivity contribution is 0.170. The molecule has 0 atom stereocenters. The summed E-state index contributed by atoms with van der Waals surface area (Å²) >= 11 is 0. The smallest absolute Gasteiger partial charge is 0.231 e. The SMILES string of the molecule is COc1c(O)cc2c(c1OC)OCO2. The van der Waals surface area contributed by atoms with Gasteiger partial charge in [-0.05, 0) is 0 Å². The van der Waals surface area contributed by atoms with Gasteiger partial charge in [0, 0.05) is 6.07 Å². The van der Waals surface area contributed by atoms with Crippen LogP contribution < -0.4 is 18.9 Å². The van der Waals surface area contributed by atoms with Gasteiger partial charge < -0.3 is 24.1 Å². The molecule has 1 aromatic rings. The first-order chi connectivity index (χ1) is 6.77. The third-order valence-corrected chi connectivity index (χ3v) is 1.96. The van der Waals surface area contributed by atoms with Crippen LogP contribution in [0, 0.1) is 0 Å². The van der Waals surface area contributed by atoms with Gasteiger partial charge in [-0.15, -0.1) is 0 Å². The molecule has 76 valence electrons. The van der Waals surface area contributed by atoms with Crippen LogP contribution in [0.25, 0.3) is 0 Å². The molecule has 1 aliphatic rings. The number of fused-ring (bicyclic) bond motifs is 1. The molecule has 1 aliphatic heterocycles. The topological polar surface area (TPSA) is 57.2 Å². The Hall–Kier alpha value is -1.78. The summed E-state index contributed by atoms with van der Waals surface area (Å²) in [5.74, 6) is 1.48. The molecule has 0 fully saturated rings. The van der Waals surface area contributed by atoms with E-state index in [1.165, 1.54) is 20.3 Å². The standard InChI is InChI=1S/C9H10O5/c1-11-7-5(10)3-6-8(9(7)12-2)14-4-13-6/h3,10H,4H2,1-2H3. The van der Waals surface area contributed by atoms with Crippen molar-refractivity contribution in [3.63, 3.8) is 0 Å². The molecular weight excluding hydrogens is 188 g/mol. The number of ether oxygens (including phenoxy) is 4. The number of rotatable bonds is 2. The van der Waals surface area contributed by atoms with Crippen molar-refractivity contribution in [2.45, 2.75) is 0 Å². The van der Waals surface area contributed by atoms with Crippen LogP contribution >= 0.6 is 0 Å². The first-order valence-corrected chi connectivity index (χ1v) is 4.01. The Balaban J connectivity index is 2.62. The maximum absolute atomic E-state index is 9.55. The molecular formula is C9H10O5. The van der Waals surface area contributed by atoms with Crippen molar-refractivity contribution in [1.29, 1.82) is 0 Å². The average Bonchev–Trinajstić information content (AvgIpc) is 2.62. The average molecular weight is 198 g/mol. The number of benzene rings is 1. The predicted molar refractivity (Wildman–Crippen MR) is 47.3 cm³/mol. The lowest BCUT2D eigenvalue weighted by atomic mass is 10.2. The first kappa shape index (κ1) is 8.80.